The number of para-hydroxylation sites is 1. The third kappa shape index (κ3) is 5.98. The molecule has 2 aromatic carbocycles. The number of nitrogens with zero attached hydrogens (tertiary/aromatic N) is 4. The van der Waals surface area contributed by atoms with Crippen molar-refractivity contribution in [1.29, 1.82) is 0 Å². The third-order valence-electron chi connectivity index (χ3n) is 6.84. The standard InChI is InChI=1S/C27H34N4O3S2/c32-36(33,30-15-5-2-6-16-30)25-12-10-23(11-13-25)26-22-35-27(28-24-8-3-1-4-9-24)31(26)17-7-14-29-18-20-34-21-19-29/h1,3-4,8-13,22H,2,5-7,14-21H2. The van der Waals surface area contributed by atoms with Gasteiger partial charge in [0.05, 0.1) is 29.5 Å². The quantitative estimate of drug-likeness (QED) is 0.438. The monoisotopic (exact) mass is 526 g/mol. The van der Waals surface area contributed by atoms with Crippen LogP contribution in [0.2, 0.25) is 0 Å². The lowest BCUT2D eigenvalue weighted by Crippen LogP contribution is -2.37. The van der Waals surface area contributed by atoms with Crippen molar-refractivity contribution >= 4 is 27.0 Å². The molecule has 0 radical (unpaired) electrons. The van der Waals surface area contributed by atoms with Gasteiger partial charge in [-0.2, -0.15) is 4.31 Å². The Kier molecular flexibility index (Phi) is 8.33. The summed E-state index contributed by atoms with van der Waals surface area (Å²) in [4.78, 5) is 8.68. The highest BCUT2D eigenvalue weighted by Crippen LogP contribution is 2.26. The van der Waals surface area contributed by atoms with Crippen LogP contribution in [0.1, 0.15) is 25.7 Å². The van der Waals surface area contributed by atoms with Crippen LogP contribution >= 0.6 is 11.3 Å². The number of benzene rings is 2. The molecule has 5 rings (SSSR count). The molecule has 0 atom stereocenters. The van der Waals surface area contributed by atoms with Gasteiger partial charge in [-0.1, -0.05) is 36.8 Å². The molecule has 0 amide bonds. The van der Waals surface area contributed by atoms with Gasteiger partial charge < -0.3 is 9.30 Å². The number of sulfonamides is 1. The number of ether oxygens (including phenoxy) is 1. The molecule has 0 N–H and O–H groups in total. The summed E-state index contributed by atoms with van der Waals surface area (Å²) in [7, 11) is -3.44. The number of hydrogen-bond acceptors (Lipinski definition) is 6. The fourth-order valence-corrected chi connectivity index (χ4v) is 7.28. The van der Waals surface area contributed by atoms with E-state index in [0.717, 1.165) is 86.8 Å². The Bertz CT molecular complexity index is 1290. The average Bonchev–Trinajstić information content (AvgIpc) is 3.32. The Morgan fingerprint density at radius 1 is 0.861 bits per heavy atom. The van der Waals surface area contributed by atoms with Crippen molar-refractivity contribution in [3.63, 3.8) is 0 Å². The number of morpholine rings is 1. The predicted octanol–water partition coefficient (Wildman–Crippen LogP) is 4.35. The minimum atomic E-state index is -3.44. The SMILES string of the molecule is O=S(=O)(c1ccc(-c2csc(=Nc3ccccc3)n2CCCN2CCOCC2)cc1)N1CCCCC1. The molecule has 3 heterocycles. The van der Waals surface area contributed by atoms with Gasteiger partial charge in [-0.05, 0) is 49.1 Å². The second kappa shape index (κ2) is 11.8. The Balaban J connectivity index is 1.41. The van der Waals surface area contributed by atoms with E-state index in [-0.39, 0.29) is 0 Å². The average molecular weight is 527 g/mol. The van der Waals surface area contributed by atoms with Crippen LogP contribution < -0.4 is 4.80 Å². The molecule has 36 heavy (non-hydrogen) atoms. The highest BCUT2D eigenvalue weighted by molar-refractivity contribution is 7.89. The first-order chi connectivity index (χ1) is 17.6. The highest BCUT2D eigenvalue weighted by Gasteiger charge is 2.26. The molecule has 7 nitrogen and oxygen atoms in total. The number of thiazole rings is 1. The zero-order valence-corrected chi connectivity index (χ0v) is 22.2. The molecular weight excluding hydrogens is 492 g/mol. The molecule has 3 aromatic rings. The third-order valence-corrected chi connectivity index (χ3v) is 9.62. The van der Waals surface area contributed by atoms with Gasteiger partial charge in [-0.25, -0.2) is 13.4 Å². The maximum atomic E-state index is 13.1. The first kappa shape index (κ1) is 25.4. The molecule has 0 unspecified atom stereocenters. The van der Waals surface area contributed by atoms with Crippen LogP contribution in [-0.4, -0.2) is 68.1 Å². The van der Waals surface area contributed by atoms with E-state index in [4.69, 9.17) is 9.73 Å². The summed E-state index contributed by atoms with van der Waals surface area (Å²) in [6.45, 7) is 6.66. The Hall–Kier alpha value is -2.30. The minimum absolute atomic E-state index is 0.372. The van der Waals surface area contributed by atoms with Crippen LogP contribution in [0.15, 0.2) is 69.9 Å². The van der Waals surface area contributed by atoms with Gasteiger partial charge in [-0.3, -0.25) is 4.90 Å². The topological polar surface area (TPSA) is 67.1 Å². The summed E-state index contributed by atoms with van der Waals surface area (Å²) < 4.78 is 35.6. The molecule has 192 valence electrons. The summed E-state index contributed by atoms with van der Waals surface area (Å²) in [6.07, 6.45) is 3.98. The molecule has 2 saturated heterocycles. The van der Waals surface area contributed by atoms with E-state index < -0.39 is 10.0 Å². The molecular formula is C27H34N4O3S2. The van der Waals surface area contributed by atoms with Crippen molar-refractivity contribution in [2.75, 3.05) is 45.9 Å². The summed E-state index contributed by atoms with van der Waals surface area (Å²) in [5.41, 5.74) is 3.00. The van der Waals surface area contributed by atoms with Crippen LogP contribution in [0.25, 0.3) is 11.3 Å². The summed E-state index contributed by atoms with van der Waals surface area (Å²) in [5.74, 6) is 0. The van der Waals surface area contributed by atoms with Crippen molar-refractivity contribution < 1.29 is 13.2 Å². The highest BCUT2D eigenvalue weighted by atomic mass is 32.2. The van der Waals surface area contributed by atoms with Gasteiger partial charge in [0, 0.05) is 44.6 Å². The molecule has 0 spiro atoms. The smallest absolute Gasteiger partial charge is 0.243 e. The van der Waals surface area contributed by atoms with Crippen molar-refractivity contribution in [3.8, 4) is 11.3 Å². The lowest BCUT2D eigenvalue weighted by molar-refractivity contribution is 0.0369. The number of hydrogen-bond donors (Lipinski definition) is 0. The zero-order valence-electron chi connectivity index (χ0n) is 20.6. The van der Waals surface area contributed by atoms with Crippen LogP contribution in [0, 0.1) is 0 Å². The number of piperidine rings is 1. The second-order valence-corrected chi connectivity index (χ2v) is 12.1. The molecule has 2 fully saturated rings. The van der Waals surface area contributed by atoms with Gasteiger partial charge in [-0.15, -0.1) is 11.3 Å². The number of aromatic nitrogens is 1. The Morgan fingerprint density at radius 2 is 1.58 bits per heavy atom. The van der Waals surface area contributed by atoms with Crippen molar-refractivity contribution in [2.45, 2.75) is 37.1 Å². The van der Waals surface area contributed by atoms with Crippen molar-refractivity contribution in [3.05, 3.63) is 64.8 Å². The summed E-state index contributed by atoms with van der Waals surface area (Å²) in [5, 5.41) is 2.13. The van der Waals surface area contributed by atoms with Crippen molar-refractivity contribution in [1.82, 2.24) is 13.8 Å². The van der Waals surface area contributed by atoms with Gasteiger partial charge in [0.1, 0.15) is 0 Å². The minimum Gasteiger partial charge on any atom is -0.379 e. The summed E-state index contributed by atoms with van der Waals surface area (Å²) in [6, 6.07) is 17.4. The lowest BCUT2D eigenvalue weighted by Gasteiger charge is -2.26. The molecule has 1 aromatic heterocycles. The van der Waals surface area contributed by atoms with E-state index in [0.29, 0.717) is 18.0 Å². The molecule has 0 bridgehead atoms. The normalized spacial score (nSPS) is 18.5. The molecule has 2 aliphatic heterocycles. The lowest BCUT2D eigenvalue weighted by atomic mass is 10.1. The van der Waals surface area contributed by atoms with E-state index in [2.05, 4.69) is 14.8 Å². The molecule has 0 saturated carbocycles. The zero-order chi connectivity index (χ0) is 24.8. The van der Waals surface area contributed by atoms with Crippen molar-refractivity contribution in [2.24, 2.45) is 4.99 Å². The van der Waals surface area contributed by atoms with Gasteiger partial charge in [0.15, 0.2) is 4.80 Å². The Morgan fingerprint density at radius 3 is 2.31 bits per heavy atom. The van der Waals surface area contributed by atoms with E-state index in [9.17, 15) is 8.42 Å². The van der Waals surface area contributed by atoms with E-state index in [1.54, 1.807) is 27.8 Å². The number of rotatable bonds is 8. The van der Waals surface area contributed by atoms with Gasteiger partial charge in [0.25, 0.3) is 0 Å². The Labute approximate surface area is 217 Å². The first-order valence-corrected chi connectivity index (χ1v) is 15.1. The first-order valence-electron chi connectivity index (χ1n) is 12.8. The van der Waals surface area contributed by atoms with E-state index >= 15 is 0 Å². The van der Waals surface area contributed by atoms with Crippen LogP contribution in [-0.2, 0) is 21.3 Å². The van der Waals surface area contributed by atoms with Gasteiger partial charge in [0.2, 0.25) is 10.0 Å². The second-order valence-electron chi connectivity index (χ2n) is 9.30. The molecule has 0 aliphatic carbocycles. The van der Waals surface area contributed by atoms with E-state index in [1.807, 2.05) is 42.5 Å². The maximum absolute atomic E-state index is 13.1. The van der Waals surface area contributed by atoms with Crippen LogP contribution in [0.4, 0.5) is 5.69 Å². The maximum Gasteiger partial charge on any atom is 0.243 e. The predicted molar refractivity (Wildman–Crippen MR) is 144 cm³/mol. The summed E-state index contributed by atoms with van der Waals surface area (Å²) >= 11 is 1.62. The molecule has 2 aliphatic rings. The van der Waals surface area contributed by atoms with Crippen LogP contribution in [0.3, 0.4) is 0 Å². The largest absolute Gasteiger partial charge is 0.379 e. The van der Waals surface area contributed by atoms with E-state index in [1.165, 1.54) is 0 Å². The fraction of sp³-hybridized carbons (Fsp3) is 0.444. The fourth-order valence-electron chi connectivity index (χ4n) is 4.81. The van der Waals surface area contributed by atoms with Gasteiger partial charge >= 0.3 is 0 Å². The van der Waals surface area contributed by atoms with Crippen LogP contribution in [0.5, 0.6) is 0 Å². The molecule has 9 heteroatoms.